The zero-order valence-corrected chi connectivity index (χ0v) is 12.8. The highest BCUT2D eigenvalue weighted by molar-refractivity contribution is 5.84. The van der Waals surface area contributed by atoms with Gasteiger partial charge in [-0.3, -0.25) is 5.32 Å². The van der Waals surface area contributed by atoms with Crippen LogP contribution >= 0.6 is 0 Å². The van der Waals surface area contributed by atoms with Gasteiger partial charge in [-0.1, -0.05) is 12.1 Å². The summed E-state index contributed by atoms with van der Waals surface area (Å²) in [5.41, 5.74) is 6.30. The Labute approximate surface area is 120 Å². The van der Waals surface area contributed by atoms with E-state index in [2.05, 4.69) is 5.32 Å². The lowest BCUT2D eigenvalue weighted by atomic mass is 9.96. The van der Waals surface area contributed by atoms with E-state index in [4.69, 9.17) is 15.2 Å². The van der Waals surface area contributed by atoms with Gasteiger partial charge in [-0.25, -0.2) is 4.79 Å². The van der Waals surface area contributed by atoms with E-state index in [9.17, 15) is 4.79 Å². The maximum absolute atomic E-state index is 11.6. The monoisotopic (exact) mass is 280 g/mol. The maximum atomic E-state index is 11.6. The molecule has 0 spiro atoms. The molecule has 0 saturated heterocycles. The topological polar surface area (TPSA) is 73.6 Å². The van der Waals surface area contributed by atoms with E-state index in [1.807, 2.05) is 39.8 Å². The number of nitrogens with one attached hydrogen (secondary N) is 1. The van der Waals surface area contributed by atoms with Crippen LogP contribution < -0.4 is 11.1 Å². The predicted octanol–water partition coefficient (Wildman–Crippen LogP) is 2.85. The third-order valence-electron chi connectivity index (χ3n) is 2.98. The first-order chi connectivity index (χ1) is 9.20. The Morgan fingerprint density at radius 2 is 1.75 bits per heavy atom. The first-order valence-electron chi connectivity index (χ1n) is 6.56. The van der Waals surface area contributed by atoms with Crippen molar-refractivity contribution < 1.29 is 14.3 Å². The second kappa shape index (κ2) is 6.24. The van der Waals surface area contributed by atoms with Gasteiger partial charge in [-0.15, -0.1) is 0 Å². The lowest BCUT2D eigenvalue weighted by Gasteiger charge is -2.27. The van der Waals surface area contributed by atoms with E-state index >= 15 is 0 Å². The summed E-state index contributed by atoms with van der Waals surface area (Å²) in [5.74, 6) is 0. The van der Waals surface area contributed by atoms with Crippen molar-refractivity contribution in [2.45, 2.75) is 38.9 Å². The summed E-state index contributed by atoms with van der Waals surface area (Å²) in [6.45, 7) is 7.76. The smallest absolute Gasteiger partial charge is 0.412 e. The molecular weight excluding hydrogens is 256 g/mol. The summed E-state index contributed by atoms with van der Waals surface area (Å²) in [4.78, 5) is 11.6. The number of methoxy groups -OCH3 is 1. The van der Waals surface area contributed by atoms with Gasteiger partial charge in [0.05, 0.1) is 0 Å². The van der Waals surface area contributed by atoms with Gasteiger partial charge in [0, 0.05) is 19.3 Å². The number of benzene rings is 1. The van der Waals surface area contributed by atoms with Crippen LogP contribution in [0.3, 0.4) is 0 Å². The highest BCUT2D eigenvalue weighted by Gasteiger charge is 2.24. The molecule has 1 atom stereocenters. The normalized spacial score (nSPS) is 14.5. The second-order valence-corrected chi connectivity index (χ2v) is 5.84. The molecule has 1 aromatic rings. The molecule has 1 amide bonds. The molecule has 3 N–H and O–H groups in total. The van der Waals surface area contributed by atoms with E-state index in [1.54, 1.807) is 19.2 Å². The van der Waals surface area contributed by atoms with Crippen molar-refractivity contribution in [1.82, 2.24) is 0 Å². The number of anilines is 1. The molecule has 5 nitrogen and oxygen atoms in total. The molecule has 5 heteroatoms. The van der Waals surface area contributed by atoms with Crippen LogP contribution in [0, 0.1) is 0 Å². The van der Waals surface area contributed by atoms with E-state index in [0.29, 0.717) is 12.2 Å². The van der Waals surface area contributed by atoms with Crippen molar-refractivity contribution >= 4 is 11.8 Å². The van der Waals surface area contributed by atoms with Gasteiger partial charge in [0.25, 0.3) is 0 Å². The quantitative estimate of drug-likeness (QED) is 0.889. The first-order valence-corrected chi connectivity index (χ1v) is 6.56. The standard InChI is InChI=1S/C15H24N2O3/c1-14(2,3)20-13(18)17-12-8-6-11(7-9-12)15(4,10-16)19-5/h6-9H,10,16H2,1-5H3,(H,17,18). The molecule has 0 bridgehead atoms. The number of carbonyl (C=O) groups is 1. The lowest BCUT2D eigenvalue weighted by molar-refractivity contribution is 0.0101. The Balaban J connectivity index is 2.75. The average molecular weight is 280 g/mol. The van der Waals surface area contributed by atoms with E-state index in [1.165, 1.54) is 0 Å². The van der Waals surface area contributed by atoms with Crippen LogP contribution in [0.1, 0.15) is 33.3 Å². The molecule has 0 saturated carbocycles. The number of carbonyl (C=O) groups excluding carboxylic acids is 1. The molecule has 20 heavy (non-hydrogen) atoms. The van der Waals surface area contributed by atoms with E-state index in [0.717, 1.165) is 5.56 Å². The van der Waals surface area contributed by atoms with Gasteiger partial charge < -0.3 is 15.2 Å². The average Bonchev–Trinajstić information content (AvgIpc) is 2.36. The van der Waals surface area contributed by atoms with Gasteiger partial charge in [-0.05, 0) is 45.4 Å². The number of hydrogen-bond acceptors (Lipinski definition) is 4. The summed E-state index contributed by atoms with van der Waals surface area (Å²) in [6.07, 6.45) is -0.474. The van der Waals surface area contributed by atoms with Gasteiger partial charge in [0.2, 0.25) is 0 Å². The number of hydrogen-bond donors (Lipinski definition) is 2. The van der Waals surface area contributed by atoms with Gasteiger partial charge in [-0.2, -0.15) is 0 Å². The highest BCUT2D eigenvalue weighted by atomic mass is 16.6. The molecule has 1 rings (SSSR count). The molecule has 1 aromatic carbocycles. The van der Waals surface area contributed by atoms with Crippen molar-refractivity contribution in [2.75, 3.05) is 19.0 Å². The molecule has 1 unspecified atom stereocenters. The van der Waals surface area contributed by atoms with Gasteiger partial charge >= 0.3 is 6.09 Å². The SMILES string of the molecule is COC(C)(CN)c1ccc(NC(=O)OC(C)(C)C)cc1. The van der Waals surface area contributed by atoms with Gasteiger partial charge in [0.15, 0.2) is 0 Å². The zero-order valence-electron chi connectivity index (χ0n) is 12.8. The lowest BCUT2D eigenvalue weighted by Crippen LogP contribution is -2.33. The fourth-order valence-corrected chi connectivity index (χ4v) is 1.65. The van der Waals surface area contributed by atoms with Crippen molar-refractivity contribution in [3.05, 3.63) is 29.8 Å². The Morgan fingerprint density at radius 3 is 2.15 bits per heavy atom. The largest absolute Gasteiger partial charge is 0.444 e. The number of ether oxygens (including phenoxy) is 2. The molecule has 112 valence electrons. The molecule has 0 aromatic heterocycles. The maximum Gasteiger partial charge on any atom is 0.412 e. The summed E-state index contributed by atoms with van der Waals surface area (Å²) >= 11 is 0. The number of nitrogens with two attached hydrogens (primary N) is 1. The van der Waals surface area contributed by atoms with Crippen LogP contribution in [0.2, 0.25) is 0 Å². The molecule has 0 heterocycles. The van der Waals surface area contributed by atoms with Crippen molar-refractivity contribution in [2.24, 2.45) is 5.73 Å². The fraction of sp³-hybridized carbons (Fsp3) is 0.533. The Bertz CT molecular complexity index is 445. The number of rotatable bonds is 4. The van der Waals surface area contributed by atoms with Crippen molar-refractivity contribution in [3.8, 4) is 0 Å². The zero-order chi connectivity index (χ0) is 15.4. The van der Waals surface area contributed by atoms with Gasteiger partial charge in [0.1, 0.15) is 11.2 Å². The van der Waals surface area contributed by atoms with Crippen molar-refractivity contribution in [1.29, 1.82) is 0 Å². The summed E-state index contributed by atoms with van der Waals surface area (Å²) in [5, 5.41) is 2.68. The molecule has 0 aliphatic rings. The molecule has 0 radical (unpaired) electrons. The highest BCUT2D eigenvalue weighted by Crippen LogP contribution is 2.24. The van der Waals surface area contributed by atoms with Crippen LogP contribution in [0.25, 0.3) is 0 Å². The van der Waals surface area contributed by atoms with E-state index < -0.39 is 17.3 Å². The van der Waals surface area contributed by atoms with Crippen molar-refractivity contribution in [3.63, 3.8) is 0 Å². The van der Waals surface area contributed by atoms with Crippen LogP contribution in [-0.4, -0.2) is 25.3 Å². The van der Waals surface area contributed by atoms with Crippen LogP contribution in [-0.2, 0) is 15.1 Å². The van der Waals surface area contributed by atoms with Crippen LogP contribution in [0.15, 0.2) is 24.3 Å². The molecule has 0 aliphatic carbocycles. The van der Waals surface area contributed by atoms with Crippen LogP contribution in [0.4, 0.5) is 10.5 Å². The summed E-state index contributed by atoms with van der Waals surface area (Å²) in [6, 6.07) is 7.35. The molecule has 0 aliphatic heterocycles. The summed E-state index contributed by atoms with van der Waals surface area (Å²) in [7, 11) is 1.62. The Hall–Kier alpha value is -1.59. The first kappa shape index (κ1) is 16.5. The minimum Gasteiger partial charge on any atom is -0.444 e. The third-order valence-corrected chi connectivity index (χ3v) is 2.98. The fourth-order valence-electron chi connectivity index (χ4n) is 1.65. The minimum atomic E-state index is -0.523. The summed E-state index contributed by atoms with van der Waals surface area (Å²) < 4.78 is 10.6. The second-order valence-electron chi connectivity index (χ2n) is 5.84. The predicted molar refractivity (Wildman–Crippen MR) is 79.7 cm³/mol. The number of amides is 1. The molecule has 0 fully saturated rings. The van der Waals surface area contributed by atoms with Crippen LogP contribution in [0.5, 0.6) is 0 Å². The third kappa shape index (κ3) is 4.51. The minimum absolute atomic E-state index is 0.377. The van der Waals surface area contributed by atoms with E-state index in [-0.39, 0.29) is 0 Å². The Kier molecular flexibility index (Phi) is 5.14. The molecular formula is C15H24N2O3. The Morgan fingerprint density at radius 1 is 1.20 bits per heavy atom.